The predicted octanol–water partition coefficient (Wildman–Crippen LogP) is 4.17. The summed E-state index contributed by atoms with van der Waals surface area (Å²) in [6.07, 6.45) is 1.50. The Labute approximate surface area is 147 Å². The fourth-order valence-electron chi connectivity index (χ4n) is 2.43. The number of anilines is 5. The van der Waals surface area contributed by atoms with Gasteiger partial charge in [0, 0.05) is 17.8 Å². The predicted molar refractivity (Wildman–Crippen MR) is 102 cm³/mol. The minimum absolute atomic E-state index is 0.662. The summed E-state index contributed by atoms with van der Waals surface area (Å²) in [6, 6.07) is 13.4. The molecule has 0 unspecified atom stereocenters. The summed E-state index contributed by atoms with van der Waals surface area (Å²) in [7, 11) is 1.64. The quantitative estimate of drug-likeness (QED) is 0.607. The molecule has 3 aromatic rings. The Morgan fingerprint density at radius 3 is 2.40 bits per heavy atom. The van der Waals surface area contributed by atoms with Crippen LogP contribution in [0.15, 0.2) is 48.8 Å². The van der Waals surface area contributed by atoms with Crippen LogP contribution in [-0.4, -0.2) is 17.1 Å². The molecule has 1 aromatic heterocycles. The molecule has 0 amide bonds. The van der Waals surface area contributed by atoms with Crippen molar-refractivity contribution in [3.63, 3.8) is 0 Å². The highest BCUT2D eigenvalue weighted by Crippen LogP contribution is 2.27. The average molecular weight is 335 g/mol. The van der Waals surface area contributed by atoms with E-state index < -0.39 is 0 Å². The summed E-state index contributed by atoms with van der Waals surface area (Å²) >= 11 is 0. The maximum atomic E-state index is 6.10. The van der Waals surface area contributed by atoms with Crippen molar-refractivity contribution in [2.24, 2.45) is 0 Å². The number of nitrogen functional groups attached to an aromatic ring is 1. The van der Waals surface area contributed by atoms with E-state index in [0.717, 1.165) is 22.7 Å². The summed E-state index contributed by atoms with van der Waals surface area (Å²) in [4.78, 5) is 8.51. The molecule has 6 heteroatoms. The number of aromatic nitrogens is 2. The van der Waals surface area contributed by atoms with Crippen molar-refractivity contribution >= 4 is 28.7 Å². The molecule has 0 aliphatic heterocycles. The van der Waals surface area contributed by atoms with Gasteiger partial charge in [-0.25, -0.2) is 9.97 Å². The second-order valence-electron chi connectivity index (χ2n) is 5.79. The Kier molecular flexibility index (Phi) is 4.70. The summed E-state index contributed by atoms with van der Waals surface area (Å²) in [6.45, 7) is 4.09. The molecule has 0 saturated carbocycles. The van der Waals surface area contributed by atoms with Crippen molar-refractivity contribution in [2.75, 3.05) is 23.5 Å². The molecule has 0 aliphatic rings. The number of benzene rings is 2. The van der Waals surface area contributed by atoms with Gasteiger partial charge in [0.15, 0.2) is 0 Å². The van der Waals surface area contributed by atoms with E-state index in [0.29, 0.717) is 17.3 Å². The van der Waals surface area contributed by atoms with E-state index in [4.69, 9.17) is 10.5 Å². The number of nitrogens with two attached hydrogens (primary N) is 1. The van der Waals surface area contributed by atoms with E-state index in [1.807, 2.05) is 49.4 Å². The van der Waals surface area contributed by atoms with Crippen LogP contribution in [0.5, 0.6) is 5.75 Å². The molecule has 0 atom stereocenters. The summed E-state index contributed by atoms with van der Waals surface area (Å²) in [5, 5.41) is 6.49. The van der Waals surface area contributed by atoms with Gasteiger partial charge in [0.05, 0.1) is 18.5 Å². The number of methoxy groups -OCH3 is 1. The Hall–Kier alpha value is -3.28. The third kappa shape index (κ3) is 3.98. The maximum Gasteiger partial charge on any atom is 0.135 e. The first kappa shape index (κ1) is 16.6. The third-order valence-electron chi connectivity index (χ3n) is 3.94. The van der Waals surface area contributed by atoms with Gasteiger partial charge < -0.3 is 21.1 Å². The Morgan fingerprint density at radius 2 is 1.64 bits per heavy atom. The topological polar surface area (TPSA) is 85.1 Å². The molecular formula is C19H21N5O. The van der Waals surface area contributed by atoms with Crippen molar-refractivity contribution in [1.29, 1.82) is 0 Å². The van der Waals surface area contributed by atoms with Crippen molar-refractivity contribution in [2.45, 2.75) is 13.8 Å². The van der Waals surface area contributed by atoms with E-state index >= 15 is 0 Å². The van der Waals surface area contributed by atoms with Crippen LogP contribution in [-0.2, 0) is 0 Å². The van der Waals surface area contributed by atoms with E-state index in [-0.39, 0.29) is 0 Å². The number of nitrogens with one attached hydrogen (secondary N) is 2. The second kappa shape index (κ2) is 7.09. The van der Waals surface area contributed by atoms with Gasteiger partial charge in [-0.2, -0.15) is 0 Å². The van der Waals surface area contributed by atoms with Gasteiger partial charge in [-0.3, -0.25) is 0 Å². The molecule has 0 radical (unpaired) electrons. The fourth-order valence-corrected chi connectivity index (χ4v) is 2.43. The van der Waals surface area contributed by atoms with Gasteiger partial charge in [-0.05, 0) is 49.2 Å². The lowest BCUT2D eigenvalue weighted by molar-refractivity contribution is 0.415. The van der Waals surface area contributed by atoms with Gasteiger partial charge in [0.25, 0.3) is 0 Å². The van der Waals surface area contributed by atoms with Crippen LogP contribution in [0.2, 0.25) is 0 Å². The normalized spacial score (nSPS) is 10.4. The van der Waals surface area contributed by atoms with Crippen LogP contribution >= 0.6 is 0 Å². The van der Waals surface area contributed by atoms with Gasteiger partial charge in [-0.1, -0.05) is 6.07 Å². The zero-order chi connectivity index (χ0) is 17.8. The third-order valence-corrected chi connectivity index (χ3v) is 3.94. The zero-order valence-corrected chi connectivity index (χ0v) is 14.5. The second-order valence-corrected chi connectivity index (χ2v) is 5.79. The summed E-state index contributed by atoms with van der Waals surface area (Å²) in [5.41, 5.74) is 10.8. The molecule has 6 nitrogen and oxygen atoms in total. The maximum absolute atomic E-state index is 6.10. The lowest BCUT2D eigenvalue weighted by atomic mass is 10.1. The van der Waals surface area contributed by atoms with Gasteiger partial charge >= 0.3 is 0 Å². The average Bonchev–Trinajstić information content (AvgIpc) is 2.60. The highest BCUT2D eigenvalue weighted by atomic mass is 16.5. The van der Waals surface area contributed by atoms with Gasteiger partial charge in [0.2, 0.25) is 0 Å². The molecule has 4 N–H and O–H groups in total. The van der Waals surface area contributed by atoms with Crippen molar-refractivity contribution in [3.8, 4) is 5.75 Å². The van der Waals surface area contributed by atoms with Crippen molar-refractivity contribution < 1.29 is 4.74 Å². The Balaban J connectivity index is 1.81. The zero-order valence-electron chi connectivity index (χ0n) is 14.5. The Morgan fingerprint density at radius 1 is 0.920 bits per heavy atom. The van der Waals surface area contributed by atoms with Crippen LogP contribution in [0.4, 0.5) is 28.7 Å². The van der Waals surface area contributed by atoms with E-state index in [1.165, 1.54) is 11.9 Å². The van der Waals surface area contributed by atoms with Crippen molar-refractivity contribution in [3.05, 3.63) is 59.9 Å². The number of hydrogen-bond donors (Lipinski definition) is 3. The first-order valence-electron chi connectivity index (χ1n) is 7.92. The standard InChI is InChI=1S/C19H21N5O/c1-12-7-16(20)17(8-13(12)2)24-19-10-18(21-11-22-19)23-14-5-4-6-15(9-14)25-3/h4-11H,20H2,1-3H3,(H2,21,22,23,24). The molecule has 1 heterocycles. The summed E-state index contributed by atoms with van der Waals surface area (Å²) in [5.74, 6) is 2.11. The van der Waals surface area contributed by atoms with E-state index in [9.17, 15) is 0 Å². The molecule has 0 spiro atoms. The van der Waals surface area contributed by atoms with E-state index in [1.54, 1.807) is 7.11 Å². The van der Waals surface area contributed by atoms with Crippen molar-refractivity contribution in [1.82, 2.24) is 9.97 Å². The number of rotatable bonds is 5. The number of ether oxygens (including phenoxy) is 1. The SMILES string of the molecule is COc1cccc(Nc2cc(Nc3cc(C)c(C)cc3N)ncn2)c1. The van der Waals surface area contributed by atoms with Gasteiger partial charge in [-0.15, -0.1) is 0 Å². The molecular weight excluding hydrogens is 314 g/mol. The number of aryl methyl sites for hydroxylation is 2. The lowest BCUT2D eigenvalue weighted by Gasteiger charge is -2.12. The first-order valence-corrected chi connectivity index (χ1v) is 7.92. The minimum Gasteiger partial charge on any atom is -0.497 e. The highest BCUT2D eigenvalue weighted by molar-refractivity contribution is 5.74. The molecule has 0 fully saturated rings. The van der Waals surface area contributed by atoms with Crippen LogP contribution in [0.3, 0.4) is 0 Å². The van der Waals surface area contributed by atoms with Crippen LogP contribution in [0, 0.1) is 13.8 Å². The fraction of sp³-hybridized carbons (Fsp3) is 0.158. The van der Waals surface area contributed by atoms with Gasteiger partial charge in [0.1, 0.15) is 23.7 Å². The molecule has 0 bridgehead atoms. The minimum atomic E-state index is 0.662. The molecule has 0 saturated heterocycles. The van der Waals surface area contributed by atoms with Crippen LogP contribution < -0.4 is 21.1 Å². The van der Waals surface area contributed by atoms with Crippen LogP contribution in [0.1, 0.15) is 11.1 Å². The Bertz CT molecular complexity index is 895. The molecule has 25 heavy (non-hydrogen) atoms. The number of nitrogens with zero attached hydrogens (tertiary/aromatic N) is 2. The van der Waals surface area contributed by atoms with Crippen LogP contribution in [0.25, 0.3) is 0 Å². The molecule has 0 aliphatic carbocycles. The first-order chi connectivity index (χ1) is 12.0. The highest BCUT2D eigenvalue weighted by Gasteiger charge is 2.06. The van der Waals surface area contributed by atoms with E-state index in [2.05, 4.69) is 27.5 Å². The molecule has 3 rings (SSSR count). The largest absolute Gasteiger partial charge is 0.497 e. The molecule has 2 aromatic carbocycles. The molecule has 128 valence electrons. The monoisotopic (exact) mass is 335 g/mol. The number of hydrogen-bond acceptors (Lipinski definition) is 6. The smallest absolute Gasteiger partial charge is 0.135 e. The lowest BCUT2D eigenvalue weighted by Crippen LogP contribution is -2.01. The summed E-state index contributed by atoms with van der Waals surface area (Å²) < 4.78 is 5.23.